The molecule has 3 heterocycles. The summed E-state index contributed by atoms with van der Waals surface area (Å²) in [5, 5.41) is 7.55. The van der Waals surface area contributed by atoms with Gasteiger partial charge in [0.15, 0.2) is 0 Å². The molecule has 6 heteroatoms. The number of likely N-dealkylation sites (tertiary alicyclic amines) is 1. The van der Waals surface area contributed by atoms with E-state index >= 15 is 0 Å². The number of aromatic nitrogens is 2. The summed E-state index contributed by atoms with van der Waals surface area (Å²) in [5.74, 6) is 2.09. The van der Waals surface area contributed by atoms with Crippen LogP contribution >= 0.6 is 0 Å². The number of carbonyl (C=O) groups is 1. The van der Waals surface area contributed by atoms with E-state index in [-0.39, 0.29) is 11.8 Å². The number of nitrogens with zero attached hydrogens (tertiary/aromatic N) is 3. The molecule has 0 unspecified atom stereocenters. The number of piperidine rings is 1. The highest BCUT2D eigenvalue weighted by Gasteiger charge is 2.31. The second kappa shape index (κ2) is 7.87. The van der Waals surface area contributed by atoms with Gasteiger partial charge in [0.2, 0.25) is 5.91 Å². The Morgan fingerprint density at radius 3 is 2.55 bits per heavy atom. The zero-order chi connectivity index (χ0) is 19.6. The normalized spacial score (nSPS) is 18.1. The third kappa shape index (κ3) is 4.12. The van der Waals surface area contributed by atoms with Gasteiger partial charge in [-0.15, -0.1) is 0 Å². The minimum atomic E-state index is 0.141. The van der Waals surface area contributed by atoms with Gasteiger partial charge in [-0.2, -0.15) is 5.10 Å². The maximum atomic E-state index is 12.1. The fourth-order valence-corrected chi connectivity index (χ4v) is 4.08. The Morgan fingerprint density at radius 1 is 1.07 bits per heavy atom. The van der Waals surface area contributed by atoms with Gasteiger partial charge in [0.1, 0.15) is 11.6 Å². The van der Waals surface area contributed by atoms with E-state index in [1.54, 1.807) is 12.5 Å². The average molecular weight is 390 g/mol. The van der Waals surface area contributed by atoms with Crippen molar-refractivity contribution in [3.63, 3.8) is 0 Å². The Labute approximate surface area is 170 Å². The Bertz CT molecular complexity index is 949. The zero-order valence-corrected chi connectivity index (χ0v) is 16.5. The number of anilines is 1. The first-order valence-corrected chi connectivity index (χ1v) is 10.5. The predicted octanol–water partition coefficient (Wildman–Crippen LogP) is 4.33. The molecule has 3 aromatic rings. The van der Waals surface area contributed by atoms with Gasteiger partial charge in [0, 0.05) is 37.2 Å². The number of benzene rings is 1. The van der Waals surface area contributed by atoms with Crippen LogP contribution in [0.15, 0.2) is 59.3 Å². The lowest BCUT2D eigenvalue weighted by atomic mass is 10.0. The Morgan fingerprint density at radius 2 is 1.86 bits per heavy atom. The van der Waals surface area contributed by atoms with Crippen molar-refractivity contribution in [2.24, 2.45) is 5.92 Å². The van der Waals surface area contributed by atoms with Crippen LogP contribution in [-0.4, -0.2) is 33.7 Å². The first kappa shape index (κ1) is 18.2. The summed E-state index contributed by atoms with van der Waals surface area (Å²) in [7, 11) is 0. The van der Waals surface area contributed by atoms with E-state index in [4.69, 9.17) is 4.42 Å². The fraction of sp³-hybridized carbons (Fsp3) is 0.391. The molecule has 1 saturated carbocycles. The topological polar surface area (TPSA) is 63.3 Å². The number of nitrogens with one attached hydrogen (secondary N) is 1. The molecular weight excluding hydrogens is 364 g/mol. The quantitative estimate of drug-likeness (QED) is 0.680. The van der Waals surface area contributed by atoms with Crippen molar-refractivity contribution in [2.75, 3.05) is 18.4 Å². The van der Waals surface area contributed by atoms with Crippen molar-refractivity contribution < 1.29 is 9.21 Å². The highest BCUT2D eigenvalue weighted by atomic mass is 16.3. The van der Waals surface area contributed by atoms with Gasteiger partial charge < -0.3 is 9.73 Å². The van der Waals surface area contributed by atoms with E-state index in [0.29, 0.717) is 6.04 Å². The fourth-order valence-electron chi connectivity index (χ4n) is 4.08. The maximum Gasteiger partial charge on any atom is 0.228 e. The Balaban J connectivity index is 1.16. The number of rotatable bonds is 6. The van der Waals surface area contributed by atoms with Crippen LogP contribution in [0.4, 0.5) is 5.82 Å². The van der Waals surface area contributed by atoms with Crippen LogP contribution in [0.2, 0.25) is 0 Å². The summed E-state index contributed by atoms with van der Waals surface area (Å²) in [6, 6.07) is 14.8. The van der Waals surface area contributed by atoms with Gasteiger partial charge in [0.05, 0.1) is 18.5 Å². The molecular formula is C23H26N4O2. The lowest BCUT2D eigenvalue weighted by molar-refractivity contribution is -0.117. The van der Waals surface area contributed by atoms with E-state index in [1.807, 2.05) is 22.9 Å². The third-order valence-corrected chi connectivity index (χ3v) is 5.94. The lowest BCUT2D eigenvalue weighted by Gasteiger charge is -2.32. The second-order valence-corrected chi connectivity index (χ2v) is 8.11. The van der Waals surface area contributed by atoms with Crippen molar-refractivity contribution in [1.82, 2.24) is 14.7 Å². The largest absolute Gasteiger partial charge is 0.464 e. The number of hydrogen-bond acceptors (Lipinski definition) is 4. The number of carbonyl (C=O) groups excluding carboxylic acids is 1. The molecule has 150 valence electrons. The van der Waals surface area contributed by atoms with Crippen LogP contribution in [-0.2, 0) is 11.3 Å². The number of hydrogen-bond donors (Lipinski definition) is 1. The third-order valence-electron chi connectivity index (χ3n) is 5.94. The van der Waals surface area contributed by atoms with Gasteiger partial charge in [-0.1, -0.05) is 24.3 Å². The summed E-state index contributed by atoms with van der Waals surface area (Å²) in [4.78, 5) is 14.6. The molecule has 1 saturated heterocycles. The van der Waals surface area contributed by atoms with E-state index < -0.39 is 0 Å². The average Bonchev–Trinajstić information content (AvgIpc) is 3.26. The molecule has 5 rings (SSSR count). The van der Waals surface area contributed by atoms with Gasteiger partial charge in [0.25, 0.3) is 0 Å². The van der Waals surface area contributed by atoms with Crippen LogP contribution in [0.3, 0.4) is 0 Å². The van der Waals surface area contributed by atoms with E-state index in [9.17, 15) is 4.79 Å². The molecule has 1 amide bonds. The molecule has 29 heavy (non-hydrogen) atoms. The van der Waals surface area contributed by atoms with Crippen LogP contribution < -0.4 is 5.32 Å². The molecule has 6 nitrogen and oxygen atoms in total. The SMILES string of the molecule is O=C(Nc1ccnn1C1CCN(Cc2ccc(-c3ccco3)cc2)CC1)C1CC1. The van der Waals surface area contributed by atoms with Crippen molar-refractivity contribution in [3.05, 3.63) is 60.5 Å². The molecule has 0 spiro atoms. The minimum absolute atomic E-state index is 0.141. The molecule has 1 aliphatic carbocycles. The molecule has 2 aliphatic rings. The Hall–Kier alpha value is -2.86. The summed E-state index contributed by atoms with van der Waals surface area (Å²) >= 11 is 0. The van der Waals surface area contributed by atoms with Crippen molar-refractivity contribution in [2.45, 2.75) is 38.3 Å². The standard InChI is InChI=1S/C23H26N4O2/c28-23(19-7-8-19)25-22-9-12-24-27(22)20-10-13-26(14-11-20)16-17-3-5-18(6-4-17)21-2-1-15-29-21/h1-6,9,12,15,19-20H,7-8,10-11,13-14,16H2,(H,25,28). The van der Waals surface area contributed by atoms with Crippen LogP contribution in [0.25, 0.3) is 11.3 Å². The molecule has 1 aromatic carbocycles. The zero-order valence-electron chi connectivity index (χ0n) is 16.5. The molecule has 0 atom stereocenters. The van der Waals surface area contributed by atoms with Gasteiger partial charge >= 0.3 is 0 Å². The summed E-state index contributed by atoms with van der Waals surface area (Å²) in [5.41, 5.74) is 2.42. The number of amides is 1. The van der Waals surface area contributed by atoms with E-state index in [1.165, 1.54) is 5.56 Å². The van der Waals surface area contributed by atoms with Crippen LogP contribution in [0, 0.1) is 5.92 Å². The van der Waals surface area contributed by atoms with E-state index in [2.05, 4.69) is 39.6 Å². The molecule has 0 bridgehead atoms. The smallest absolute Gasteiger partial charge is 0.228 e. The molecule has 2 fully saturated rings. The highest BCUT2D eigenvalue weighted by Crippen LogP contribution is 2.31. The van der Waals surface area contributed by atoms with Crippen molar-refractivity contribution in [3.8, 4) is 11.3 Å². The molecule has 1 aliphatic heterocycles. The van der Waals surface area contributed by atoms with Gasteiger partial charge in [-0.05, 0) is 43.4 Å². The molecule has 0 radical (unpaired) electrons. The lowest BCUT2D eigenvalue weighted by Crippen LogP contribution is -2.35. The van der Waals surface area contributed by atoms with Crippen molar-refractivity contribution >= 4 is 11.7 Å². The highest BCUT2D eigenvalue weighted by molar-refractivity contribution is 5.93. The predicted molar refractivity (Wildman–Crippen MR) is 111 cm³/mol. The van der Waals surface area contributed by atoms with Crippen LogP contribution in [0.5, 0.6) is 0 Å². The molecule has 2 aromatic heterocycles. The summed E-state index contributed by atoms with van der Waals surface area (Å²) < 4.78 is 7.47. The Kier molecular flexibility index (Phi) is 4.94. The summed E-state index contributed by atoms with van der Waals surface area (Å²) in [6.07, 6.45) is 7.60. The van der Waals surface area contributed by atoms with Gasteiger partial charge in [-0.25, -0.2) is 4.68 Å². The first-order valence-electron chi connectivity index (χ1n) is 10.5. The summed E-state index contributed by atoms with van der Waals surface area (Å²) in [6.45, 7) is 3.01. The molecule has 1 N–H and O–H groups in total. The maximum absolute atomic E-state index is 12.1. The minimum Gasteiger partial charge on any atom is -0.464 e. The van der Waals surface area contributed by atoms with Crippen molar-refractivity contribution in [1.29, 1.82) is 0 Å². The number of furan rings is 1. The first-order chi connectivity index (χ1) is 14.3. The monoisotopic (exact) mass is 390 g/mol. The van der Waals surface area contributed by atoms with E-state index in [0.717, 1.165) is 62.5 Å². The van der Waals surface area contributed by atoms with Gasteiger partial charge in [-0.3, -0.25) is 9.69 Å². The van der Waals surface area contributed by atoms with Crippen LogP contribution in [0.1, 0.15) is 37.3 Å². The second-order valence-electron chi connectivity index (χ2n) is 8.11.